The average Bonchev–Trinajstić information content (AvgIpc) is 2.77. The van der Waals surface area contributed by atoms with Gasteiger partial charge in [0.25, 0.3) is 0 Å². The van der Waals surface area contributed by atoms with Crippen molar-refractivity contribution in [2.24, 2.45) is 17.6 Å². The van der Waals surface area contributed by atoms with Gasteiger partial charge in [0.1, 0.15) is 0 Å². The minimum atomic E-state index is -0.491. The molecule has 2 aliphatic rings. The maximum Gasteiger partial charge on any atom is 0.236 e. The lowest BCUT2D eigenvalue weighted by atomic mass is 9.83. The molecule has 0 atom stereocenters. The number of aromatic nitrogens is 2. The smallest absolute Gasteiger partial charge is 0.236 e. The summed E-state index contributed by atoms with van der Waals surface area (Å²) in [5, 5.41) is 3.78. The number of ether oxygens (including phenoxy) is 1. The van der Waals surface area contributed by atoms with Crippen molar-refractivity contribution in [1.82, 2.24) is 9.97 Å². The first-order valence-corrected chi connectivity index (χ1v) is 11.3. The number of nitrogens with zero attached hydrogens (tertiary/aromatic N) is 2. The van der Waals surface area contributed by atoms with Gasteiger partial charge in [0.05, 0.1) is 10.7 Å². The fraction of sp³-hybridized carbons (Fsp3) is 0.565. The summed E-state index contributed by atoms with van der Waals surface area (Å²) in [6, 6.07) is 4.16. The van der Waals surface area contributed by atoms with Crippen LogP contribution in [0.3, 0.4) is 0 Å². The molecule has 1 saturated heterocycles. The molecule has 0 unspecified atom stereocenters. The van der Waals surface area contributed by atoms with E-state index in [1.165, 1.54) is 0 Å². The van der Waals surface area contributed by atoms with Gasteiger partial charge in [-0.1, -0.05) is 11.6 Å². The molecule has 3 N–H and O–H groups in total. The van der Waals surface area contributed by atoms with Gasteiger partial charge in [-0.25, -0.2) is 4.98 Å². The van der Waals surface area contributed by atoms with E-state index in [1.807, 2.05) is 6.07 Å². The van der Waals surface area contributed by atoms with Gasteiger partial charge in [-0.2, -0.15) is 4.39 Å². The van der Waals surface area contributed by atoms with Crippen LogP contribution in [-0.4, -0.2) is 35.8 Å². The summed E-state index contributed by atoms with van der Waals surface area (Å²) in [7, 11) is 0. The second-order valence-electron chi connectivity index (χ2n) is 8.64. The molecule has 30 heavy (non-hydrogen) atoms. The number of anilines is 1. The lowest BCUT2D eigenvalue weighted by Crippen LogP contribution is -2.27. The molecule has 1 aliphatic carbocycles. The second-order valence-corrected chi connectivity index (χ2v) is 9.05. The summed E-state index contributed by atoms with van der Waals surface area (Å²) in [5.41, 5.74) is 9.09. The summed E-state index contributed by atoms with van der Waals surface area (Å²) < 4.78 is 19.7. The Kier molecular flexibility index (Phi) is 7.18. The van der Waals surface area contributed by atoms with Crippen LogP contribution in [-0.2, 0) is 11.2 Å². The van der Waals surface area contributed by atoms with Gasteiger partial charge < -0.3 is 15.8 Å². The van der Waals surface area contributed by atoms with E-state index < -0.39 is 5.95 Å². The van der Waals surface area contributed by atoms with Crippen LogP contribution in [0.2, 0.25) is 5.02 Å². The van der Waals surface area contributed by atoms with Crippen LogP contribution in [0.4, 0.5) is 10.1 Å². The third-order valence-electron chi connectivity index (χ3n) is 6.37. The Morgan fingerprint density at radius 1 is 1.03 bits per heavy atom. The number of nitrogens with one attached hydrogen (secondary N) is 1. The molecule has 2 aromatic rings. The number of hydrogen-bond donors (Lipinski definition) is 2. The minimum absolute atomic E-state index is 0.340. The van der Waals surface area contributed by atoms with E-state index in [4.69, 9.17) is 22.1 Å². The van der Waals surface area contributed by atoms with Gasteiger partial charge in [-0.15, -0.1) is 0 Å². The summed E-state index contributed by atoms with van der Waals surface area (Å²) >= 11 is 6.45. The maximum absolute atomic E-state index is 14.3. The van der Waals surface area contributed by atoms with Crippen LogP contribution in [0, 0.1) is 17.8 Å². The molecular weight excluding hydrogens is 403 g/mol. The van der Waals surface area contributed by atoms with Gasteiger partial charge in [0.2, 0.25) is 5.95 Å². The van der Waals surface area contributed by atoms with E-state index in [9.17, 15) is 4.39 Å². The summed E-state index contributed by atoms with van der Waals surface area (Å²) in [6.45, 7) is 2.26. The highest BCUT2D eigenvalue weighted by Crippen LogP contribution is 2.32. The number of hydrogen-bond acceptors (Lipinski definition) is 5. The zero-order valence-corrected chi connectivity index (χ0v) is 18.0. The minimum Gasteiger partial charge on any atom is -0.381 e. The monoisotopic (exact) mass is 432 g/mol. The first-order chi connectivity index (χ1) is 14.6. The third kappa shape index (κ3) is 5.48. The van der Waals surface area contributed by atoms with Crippen molar-refractivity contribution >= 4 is 17.3 Å². The van der Waals surface area contributed by atoms with Crippen LogP contribution in [0.15, 0.2) is 24.5 Å². The van der Waals surface area contributed by atoms with E-state index in [-0.39, 0.29) is 0 Å². The molecule has 0 bridgehead atoms. The van der Waals surface area contributed by atoms with Crippen molar-refractivity contribution in [1.29, 1.82) is 0 Å². The lowest BCUT2D eigenvalue weighted by Gasteiger charge is -2.25. The van der Waals surface area contributed by atoms with Crippen LogP contribution in [0.1, 0.15) is 44.2 Å². The van der Waals surface area contributed by atoms with E-state index in [1.54, 1.807) is 18.5 Å². The zero-order valence-electron chi connectivity index (χ0n) is 17.2. The first-order valence-electron chi connectivity index (χ1n) is 11.0. The SMILES string of the molecule is NC1CCC(Cc2cc(-c3cnc(F)c(NCC4CCOCC4)c3)c(Cl)cn2)CC1. The largest absolute Gasteiger partial charge is 0.381 e. The third-order valence-corrected chi connectivity index (χ3v) is 6.67. The van der Waals surface area contributed by atoms with Crippen LogP contribution in [0.25, 0.3) is 11.1 Å². The molecule has 162 valence electrons. The Morgan fingerprint density at radius 3 is 2.57 bits per heavy atom. The van der Waals surface area contributed by atoms with E-state index >= 15 is 0 Å². The van der Waals surface area contributed by atoms with Crippen molar-refractivity contribution in [3.05, 3.63) is 41.2 Å². The predicted octanol–water partition coefficient (Wildman–Crippen LogP) is 4.83. The van der Waals surface area contributed by atoms with Crippen LogP contribution in [0.5, 0.6) is 0 Å². The molecule has 2 fully saturated rings. The molecule has 1 aliphatic heterocycles. The maximum atomic E-state index is 14.3. The van der Waals surface area contributed by atoms with Crippen molar-refractivity contribution < 1.29 is 9.13 Å². The molecule has 5 nitrogen and oxygen atoms in total. The van der Waals surface area contributed by atoms with Crippen molar-refractivity contribution in [3.63, 3.8) is 0 Å². The molecule has 0 spiro atoms. The fourth-order valence-corrected chi connectivity index (χ4v) is 4.64. The summed E-state index contributed by atoms with van der Waals surface area (Å²) in [6.07, 6.45) is 10.6. The van der Waals surface area contributed by atoms with E-state index in [0.717, 1.165) is 75.0 Å². The van der Waals surface area contributed by atoms with E-state index in [2.05, 4.69) is 15.3 Å². The van der Waals surface area contributed by atoms with Gasteiger partial charge >= 0.3 is 0 Å². The van der Waals surface area contributed by atoms with Gasteiger partial charge in [-0.05, 0) is 68.9 Å². The van der Waals surface area contributed by atoms with Gasteiger partial charge in [-0.3, -0.25) is 4.98 Å². The molecule has 0 aromatic carbocycles. The summed E-state index contributed by atoms with van der Waals surface area (Å²) in [5.74, 6) is 0.602. The summed E-state index contributed by atoms with van der Waals surface area (Å²) in [4.78, 5) is 8.50. The first kappa shape index (κ1) is 21.5. The molecular formula is C23H30ClFN4O. The Balaban J connectivity index is 1.48. The fourth-order valence-electron chi connectivity index (χ4n) is 4.43. The van der Waals surface area contributed by atoms with Crippen molar-refractivity contribution in [2.45, 2.75) is 51.0 Å². The Hall–Kier alpha value is -1.76. The molecule has 7 heteroatoms. The van der Waals surface area contributed by atoms with Crippen molar-refractivity contribution in [2.75, 3.05) is 25.1 Å². The van der Waals surface area contributed by atoms with Gasteiger partial charge in [0, 0.05) is 55.0 Å². The highest BCUT2D eigenvalue weighted by Gasteiger charge is 2.20. The van der Waals surface area contributed by atoms with Crippen LogP contribution >= 0.6 is 11.6 Å². The standard InChI is InChI=1S/C23H30ClFN4O/c24-21-14-27-19(9-15-1-3-18(26)4-2-15)11-20(21)17-10-22(23(25)29-13-17)28-12-16-5-7-30-8-6-16/h10-11,13-16,18,28H,1-9,12,26H2. The van der Waals surface area contributed by atoms with Crippen molar-refractivity contribution in [3.8, 4) is 11.1 Å². The predicted molar refractivity (Wildman–Crippen MR) is 118 cm³/mol. The highest BCUT2D eigenvalue weighted by atomic mass is 35.5. The molecule has 3 heterocycles. The number of rotatable bonds is 6. The molecule has 4 rings (SSSR count). The molecule has 0 radical (unpaired) electrons. The topological polar surface area (TPSA) is 73.1 Å². The Labute approximate surface area is 182 Å². The number of halogens is 2. The highest BCUT2D eigenvalue weighted by molar-refractivity contribution is 6.33. The normalized spacial score (nSPS) is 22.8. The number of nitrogens with two attached hydrogens (primary N) is 1. The van der Waals surface area contributed by atoms with Gasteiger partial charge in [0.15, 0.2) is 0 Å². The van der Waals surface area contributed by atoms with Crippen LogP contribution < -0.4 is 11.1 Å². The zero-order chi connectivity index (χ0) is 20.9. The average molecular weight is 433 g/mol. The number of pyridine rings is 2. The van der Waals surface area contributed by atoms with E-state index in [0.29, 0.717) is 35.1 Å². The molecule has 2 aromatic heterocycles. The second kappa shape index (κ2) is 10.0. The molecule has 0 amide bonds. The molecule has 1 saturated carbocycles. The Morgan fingerprint density at radius 2 is 1.80 bits per heavy atom. The lowest BCUT2D eigenvalue weighted by molar-refractivity contribution is 0.0699. The quantitative estimate of drug-likeness (QED) is 0.639. The Bertz CT molecular complexity index is 851.